The zero-order valence-corrected chi connectivity index (χ0v) is 40.1. The summed E-state index contributed by atoms with van der Waals surface area (Å²) in [6, 6.07) is 54.1. The molecular formula is C62H66S. The van der Waals surface area contributed by atoms with Gasteiger partial charge in [-0.05, 0) is 139 Å². The van der Waals surface area contributed by atoms with E-state index in [9.17, 15) is 0 Å². The first-order chi connectivity index (χ1) is 30.7. The Morgan fingerprint density at radius 2 is 0.714 bits per heavy atom. The Hall–Kier alpha value is -6.59. The molecule has 0 atom stereocenters. The van der Waals surface area contributed by atoms with Crippen molar-refractivity contribution in [1.29, 1.82) is 0 Å². The number of aryl methyl sites for hydroxylation is 1. The number of rotatable bonds is 8. The molecule has 1 heteroatoms. The van der Waals surface area contributed by atoms with Crippen LogP contribution in [0, 0.1) is 12.8 Å². The van der Waals surface area contributed by atoms with Gasteiger partial charge in [0.1, 0.15) is 0 Å². The summed E-state index contributed by atoms with van der Waals surface area (Å²) in [6.07, 6.45) is 10.6. The molecular weight excluding hydrogens is 777 g/mol. The first-order valence-electron chi connectivity index (χ1n) is 21.8. The van der Waals surface area contributed by atoms with Crippen molar-refractivity contribution in [3.8, 4) is 57.4 Å². The van der Waals surface area contributed by atoms with Gasteiger partial charge in [0.15, 0.2) is 0 Å². The third-order valence-electron chi connectivity index (χ3n) is 10.8. The van der Waals surface area contributed by atoms with Gasteiger partial charge in [-0.1, -0.05) is 211 Å². The van der Waals surface area contributed by atoms with Gasteiger partial charge in [0.25, 0.3) is 0 Å². The van der Waals surface area contributed by atoms with Crippen LogP contribution < -0.4 is 0 Å². The van der Waals surface area contributed by atoms with Crippen molar-refractivity contribution in [2.24, 2.45) is 0 Å². The largest absolute Gasteiger partial charge is 0.183 e. The summed E-state index contributed by atoms with van der Waals surface area (Å²) in [5, 5.41) is 7.45. The number of terminal acetylenes is 1. The van der Waals surface area contributed by atoms with Crippen LogP contribution in [0.25, 0.3) is 93.5 Å². The van der Waals surface area contributed by atoms with E-state index in [-0.39, 0.29) is 0 Å². The quantitative estimate of drug-likeness (QED) is 0.0670. The Labute approximate surface area is 385 Å². The van der Waals surface area contributed by atoms with Crippen molar-refractivity contribution in [3.05, 3.63) is 201 Å². The lowest BCUT2D eigenvalue weighted by molar-refractivity contribution is 1.15. The van der Waals surface area contributed by atoms with Crippen LogP contribution in [-0.4, -0.2) is 6.26 Å². The summed E-state index contributed by atoms with van der Waals surface area (Å²) in [5.74, 6) is 0. The van der Waals surface area contributed by atoms with Crippen LogP contribution in [0.5, 0.6) is 0 Å². The van der Waals surface area contributed by atoms with Crippen LogP contribution in [0.1, 0.15) is 77.6 Å². The van der Waals surface area contributed by atoms with Crippen molar-refractivity contribution < 1.29 is 0 Å². The molecule has 0 bridgehead atoms. The van der Waals surface area contributed by atoms with Gasteiger partial charge in [-0.15, -0.1) is 26.0 Å². The Bertz CT molecular complexity index is 2800. The van der Waals surface area contributed by atoms with Gasteiger partial charge in [0.05, 0.1) is 0 Å². The Morgan fingerprint density at radius 1 is 0.413 bits per heavy atom. The van der Waals surface area contributed by atoms with E-state index in [4.69, 9.17) is 0 Å². The molecule has 0 aromatic heterocycles. The predicted octanol–water partition coefficient (Wildman–Crippen LogP) is 19.1. The highest BCUT2D eigenvalue weighted by molar-refractivity contribution is 7.79. The monoisotopic (exact) mass is 842 g/mol. The first-order valence-corrected chi connectivity index (χ1v) is 22.7. The van der Waals surface area contributed by atoms with Crippen molar-refractivity contribution >= 4 is 61.7 Å². The van der Waals surface area contributed by atoms with E-state index in [2.05, 4.69) is 232 Å². The molecule has 0 spiro atoms. The van der Waals surface area contributed by atoms with E-state index in [0.29, 0.717) is 0 Å². The molecule has 0 aliphatic carbocycles. The van der Waals surface area contributed by atoms with Crippen LogP contribution in [0.2, 0.25) is 0 Å². The minimum Gasteiger partial charge on any atom is -0.183 e. The fourth-order valence-corrected chi connectivity index (χ4v) is 8.01. The summed E-state index contributed by atoms with van der Waals surface area (Å²) >= 11 is 3.53. The van der Waals surface area contributed by atoms with Gasteiger partial charge in [0.2, 0.25) is 0 Å². The summed E-state index contributed by atoms with van der Waals surface area (Å²) in [6.45, 7) is 35.4. The lowest BCUT2D eigenvalue weighted by atomic mass is 9.77. The molecule has 0 saturated carbocycles. The van der Waals surface area contributed by atoms with Crippen molar-refractivity contribution in [1.82, 2.24) is 0 Å². The predicted molar refractivity (Wildman–Crippen MR) is 293 cm³/mol. The van der Waals surface area contributed by atoms with E-state index in [0.717, 1.165) is 39.8 Å². The molecule has 0 heterocycles. The molecule has 0 radical (unpaired) electrons. The summed E-state index contributed by atoms with van der Waals surface area (Å²) in [7, 11) is 0. The molecule has 0 unspecified atom stereocenters. The van der Waals surface area contributed by atoms with Crippen LogP contribution in [0.15, 0.2) is 178 Å². The van der Waals surface area contributed by atoms with Gasteiger partial charge < -0.3 is 0 Å². The van der Waals surface area contributed by atoms with Gasteiger partial charge in [-0.3, -0.25) is 0 Å². The second-order valence-corrected chi connectivity index (χ2v) is 14.5. The number of allylic oxidation sites excluding steroid dienone is 3. The second kappa shape index (κ2) is 24.8. The molecule has 0 N–H and O–H groups in total. The van der Waals surface area contributed by atoms with Crippen molar-refractivity contribution in [2.75, 3.05) is 6.26 Å². The van der Waals surface area contributed by atoms with Crippen LogP contribution in [-0.2, 0) is 6.42 Å². The van der Waals surface area contributed by atoms with E-state index in [1.165, 1.54) is 82.4 Å². The first kappa shape index (κ1) is 50.8. The molecule has 320 valence electrons. The average molecular weight is 843 g/mol. The Morgan fingerprint density at radius 3 is 1.06 bits per heavy atom. The normalized spacial score (nSPS) is 9.90. The molecule has 0 aliphatic heterocycles. The highest BCUT2D eigenvalue weighted by atomic mass is 32.1. The molecule has 0 aliphatic rings. The van der Waals surface area contributed by atoms with E-state index < -0.39 is 0 Å². The van der Waals surface area contributed by atoms with E-state index in [1.54, 1.807) is 6.26 Å². The maximum absolute atomic E-state index is 4.39. The summed E-state index contributed by atoms with van der Waals surface area (Å²) < 4.78 is 0. The molecule has 0 nitrogen and oxygen atoms in total. The average Bonchev–Trinajstić information content (AvgIpc) is 3.35. The molecule has 8 aromatic rings. The summed E-state index contributed by atoms with van der Waals surface area (Å²) in [5.41, 5.74) is 17.6. The minimum absolute atomic E-state index is 0.955. The molecule has 63 heavy (non-hydrogen) atoms. The lowest BCUT2D eigenvalue weighted by Crippen LogP contribution is -1.99. The van der Waals surface area contributed by atoms with Gasteiger partial charge in [-0.2, -0.15) is 12.6 Å². The zero-order valence-electron chi connectivity index (χ0n) is 39.2. The van der Waals surface area contributed by atoms with E-state index >= 15 is 0 Å². The van der Waals surface area contributed by atoms with Crippen molar-refractivity contribution in [3.63, 3.8) is 0 Å². The van der Waals surface area contributed by atoms with Crippen LogP contribution in [0.4, 0.5) is 0 Å². The molecule has 8 aromatic carbocycles. The standard InChI is InChI=1S/C53H44.2C2H6.C2H4.C2H2.CH4S/c1-8-36-19-29-44-46(31-36)50(39-15-11-9-12-16-39)52-49(42-26-22-38(23-27-42)34(4)5)45-30-28-43(35(6)7)32-47(45)51(40-17-13-10-14-18-40)53(52)48(44)41-24-20-37(21-25-41)33(2)3;5*1-2/h9-32H,2,4,6,8H2,1,3,5,7H3;2*1-2H3;1-2H2;1-2H;2H,1H3. The zero-order chi connectivity index (χ0) is 46.8. The maximum Gasteiger partial charge on any atom is -0.000139 e. The second-order valence-electron chi connectivity index (χ2n) is 14.5. The van der Waals surface area contributed by atoms with Gasteiger partial charge in [-0.25, -0.2) is 0 Å². The maximum atomic E-state index is 4.39. The fourth-order valence-electron chi connectivity index (χ4n) is 8.01. The van der Waals surface area contributed by atoms with Crippen LogP contribution in [0.3, 0.4) is 0 Å². The number of hydrogen-bond donors (Lipinski definition) is 1. The lowest BCUT2D eigenvalue weighted by Gasteiger charge is -2.26. The molecule has 0 saturated heterocycles. The SMILES string of the molecule is C#C.C=C.C=C(C)c1ccc(-c2c3ccc(CC)cc3c(-c3ccccc3)c3c(-c4ccc(C(=C)C)cc4)c4ccc(C(=C)C)cc4c(-c4ccccc4)c23)cc1.CC.CC.CS. The number of hydrogen-bond acceptors (Lipinski definition) is 1. The smallest absolute Gasteiger partial charge is 0.000139 e. The number of fused-ring (bicyclic) bond motifs is 3. The van der Waals surface area contributed by atoms with E-state index in [1.807, 2.05) is 27.7 Å². The number of thiol groups is 1. The topological polar surface area (TPSA) is 0 Å². The highest BCUT2D eigenvalue weighted by Gasteiger charge is 2.26. The minimum atomic E-state index is 0.955. The molecule has 8 rings (SSSR count). The summed E-state index contributed by atoms with van der Waals surface area (Å²) in [4.78, 5) is 0. The van der Waals surface area contributed by atoms with Crippen molar-refractivity contribution in [2.45, 2.75) is 61.8 Å². The molecule has 0 fully saturated rings. The van der Waals surface area contributed by atoms with Crippen LogP contribution >= 0.6 is 12.6 Å². The Balaban J connectivity index is 0.000000988. The highest BCUT2D eigenvalue weighted by Crippen LogP contribution is 2.54. The third-order valence-corrected chi connectivity index (χ3v) is 10.8. The third kappa shape index (κ3) is 10.7. The Kier molecular flexibility index (Phi) is 19.9. The number of benzene rings is 8. The fraction of sp³-hybridized carbons (Fsp3) is 0.161. The molecule has 0 amide bonds. The van der Waals surface area contributed by atoms with Gasteiger partial charge >= 0.3 is 0 Å². The van der Waals surface area contributed by atoms with Gasteiger partial charge in [0, 0.05) is 0 Å².